The van der Waals surface area contributed by atoms with Gasteiger partial charge in [0.15, 0.2) is 5.15 Å². The van der Waals surface area contributed by atoms with E-state index in [0.29, 0.717) is 63.4 Å². The van der Waals surface area contributed by atoms with Crippen LogP contribution in [0.15, 0.2) is 81.3 Å². The van der Waals surface area contributed by atoms with E-state index in [1.165, 1.54) is 5.69 Å². The highest BCUT2D eigenvalue weighted by Crippen LogP contribution is 2.32. The summed E-state index contributed by atoms with van der Waals surface area (Å²) in [5, 5.41) is 15.1. The van der Waals surface area contributed by atoms with Gasteiger partial charge in [-0.3, -0.25) is 8.42 Å². The minimum Gasteiger partial charge on any atom is -0.472 e. The highest BCUT2D eigenvalue weighted by Gasteiger charge is 2.30. The van der Waals surface area contributed by atoms with Gasteiger partial charge in [0.25, 0.3) is 0 Å². The lowest BCUT2D eigenvalue weighted by atomic mass is 10.1. The van der Waals surface area contributed by atoms with Crippen LogP contribution in [-0.4, -0.2) is 110 Å². The van der Waals surface area contributed by atoms with Crippen molar-refractivity contribution in [3.05, 3.63) is 99.3 Å². The molecule has 7 heterocycles. The Morgan fingerprint density at radius 2 is 1.16 bits per heavy atom. The summed E-state index contributed by atoms with van der Waals surface area (Å²) in [5.41, 5.74) is 4.97. The first-order valence-electron chi connectivity index (χ1n) is 18.9. The first-order valence-corrected chi connectivity index (χ1v) is 22.6. The molecule has 13 nitrogen and oxygen atoms in total. The lowest BCUT2D eigenvalue weighted by Crippen LogP contribution is -2.47. The summed E-state index contributed by atoms with van der Waals surface area (Å²) < 4.78 is 29.7. The molecule has 300 valence electrons. The van der Waals surface area contributed by atoms with Gasteiger partial charge >= 0.3 is 0 Å². The molecular formula is C39H42Cl3N9O4S2. The zero-order chi connectivity index (χ0) is 39.5. The van der Waals surface area contributed by atoms with Crippen LogP contribution in [0.25, 0.3) is 0 Å². The van der Waals surface area contributed by atoms with E-state index in [9.17, 15) is 13.5 Å². The Bertz CT molecular complexity index is 2220. The third-order valence-corrected chi connectivity index (χ3v) is 14.3. The van der Waals surface area contributed by atoms with E-state index in [1.807, 2.05) is 54.6 Å². The fourth-order valence-electron chi connectivity index (χ4n) is 7.39. The summed E-state index contributed by atoms with van der Waals surface area (Å²) in [5.74, 6) is 3.00. The van der Waals surface area contributed by atoms with Gasteiger partial charge < -0.3 is 34.4 Å². The lowest BCUT2D eigenvalue weighted by molar-refractivity contribution is 0.273. The normalized spacial score (nSPS) is 19.5. The van der Waals surface area contributed by atoms with Gasteiger partial charge in [-0.1, -0.05) is 34.8 Å². The number of aryl methyl sites for hydroxylation is 2. The van der Waals surface area contributed by atoms with E-state index >= 15 is 0 Å². The molecule has 0 radical (unpaired) electrons. The molecule has 0 saturated carbocycles. The average Bonchev–Trinajstić information content (AvgIpc) is 3.99. The second-order valence-electron chi connectivity index (χ2n) is 14.1. The molecule has 2 aromatic carbocycles. The molecule has 3 atom stereocenters. The van der Waals surface area contributed by atoms with Crippen molar-refractivity contribution in [2.45, 2.75) is 35.1 Å². The number of aromatic nitrogens is 4. The summed E-state index contributed by atoms with van der Waals surface area (Å²) in [7, 11) is -2.19. The number of furan rings is 1. The maximum atomic E-state index is 12.7. The molecule has 9 rings (SSSR count). The van der Waals surface area contributed by atoms with Crippen LogP contribution >= 0.6 is 34.8 Å². The molecule has 0 spiro atoms. The Morgan fingerprint density at radius 1 is 0.667 bits per heavy atom. The number of anilines is 5. The van der Waals surface area contributed by atoms with Gasteiger partial charge in [0.05, 0.1) is 63.1 Å². The van der Waals surface area contributed by atoms with Gasteiger partial charge in [-0.15, -0.1) is 0 Å². The topological polar surface area (TPSA) is 144 Å². The second kappa shape index (κ2) is 17.9. The van der Waals surface area contributed by atoms with Crippen LogP contribution in [0, 0.1) is 0 Å². The number of fused-ring (bicyclic) bond motifs is 2. The largest absolute Gasteiger partial charge is 0.472 e. The summed E-state index contributed by atoms with van der Waals surface area (Å²) in [6.07, 6.45) is 5.24. The average molecular weight is 871 g/mol. The van der Waals surface area contributed by atoms with Crippen molar-refractivity contribution in [3.8, 4) is 0 Å². The van der Waals surface area contributed by atoms with E-state index in [0.717, 1.165) is 85.0 Å². The van der Waals surface area contributed by atoms with E-state index in [4.69, 9.17) is 49.2 Å². The summed E-state index contributed by atoms with van der Waals surface area (Å²) in [6, 6.07) is 17.4. The van der Waals surface area contributed by atoms with E-state index in [2.05, 4.69) is 34.9 Å². The summed E-state index contributed by atoms with van der Waals surface area (Å²) in [6.45, 7) is 6.57. The van der Waals surface area contributed by atoms with Crippen LogP contribution < -0.4 is 24.9 Å². The first-order chi connectivity index (χ1) is 27.7. The molecule has 4 aliphatic heterocycles. The fraction of sp³-hybridized carbons (Fsp3) is 0.385. The van der Waals surface area contributed by atoms with Crippen LogP contribution in [0.4, 0.5) is 29.1 Å². The summed E-state index contributed by atoms with van der Waals surface area (Å²) in [4.78, 5) is 28.8. The number of benzene rings is 2. The quantitative estimate of drug-likeness (QED) is 0.180. The molecule has 2 unspecified atom stereocenters. The maximum absolute atomic E-state index is 12.7. The van der Waals surface area contributed by atoms with Crippen molar-refractivity contribution in [1.29, 1.82) is 0 Å². The van der Waals surface area contributed by atoms with E-state index in [-0.39, 0.29) is 12.6 Å². The number of nitrogens with zero attached hydrogens (tertiary/aromatic N) is 8. The van der Waals surface area contributed by atoms with Gasteiger partial charge in [0, 0.05) is 98.1 Å². The van der Waals surface area contributed by atoms with E-state index < -0.39 is 21.6 Å². The Labute approximate surface area is 351 Å². The third-order valence-electron chi connectivity index (χ3n) is 10.4. The monoisotopic (exact) mass is 869 g/mol. The van der Waals surface area contributed by atoms with Crippen molar-refractivity contribution in [2.75, 3.05) is 95.4 Å². The minimum atomic E-state index is -1.14. The van der Waals surface area contributed by atoms with Gasteiger partial charge in [-0.05, 0) is 66.6 Å². The molecule has 0 aliphatic carbocycles. The standard InChI is InChI=1S/C23H26ClN5O3S.C16H16Cl2N4OS/c24-17-1-3-19(4-2-17)28-7-9-29(10-8-28)23-26-20-6-12-33(31)21(20)22(27-23)25-18(14-30)13-16-5-11-32-15-16;17-11-1-3-12(4-2-11)21-6-8-22(9-7-21)16-19-13-5-10-24(23)14(13)15(18)20-16/h1-5,11,15,18,30H,6-10,12-14H2,(H,25,26,27);1-4H,5-10H2/t18-,33?;/m1./s1. The lowest BCUT2D eigenvalue weighted by Gasteiger charge is -2.36. The molecule has 4 aliphatic rings. The van der Waals surface area contributed by atoms with Crippen LogP contribution in [0.2, 0.25) is 15.2 Å². The molecule has 3 aromatic heterocycles. The number of nitrogens with one attached hydrogen (secondary N) is 1. The SMILES string of the molecule is O=S1CCc2nc(N3CCN(c4ccc(Cl)cc4)CC3)nc(Cl)c21.O=S1CCc2nc(N3CCN(c4ccc(Cl)cc4)CC3)nc(N[C@@H](CO)Cc3ccoc3)c21. The van der Waals surface area contributed by atoms with Gasteiger partial charge in [0.1, 0.15) is 10.7 Å². The third kappa shape index (κ3) is 9.18. The predicted octanol–water partition coefficient (Wildman–Crippen LogP) is 5.50. The number of aliphatic hydroxyl groups is 1. The molecule has 2 N–H and O–H groups in total. The van der Waals surface area contributed by atoms with Crippen molar-refractivity contribution in [3.63, 3.8) is 0 Å². The molecular weight excluding hydrogens is 829 g/mol. The van der Waals surface area contributed by atoms with Crippen LogP contribution in [0.3, 0.4) is 0 Å². The zero-order valence-corrected chi connectivity index (χ0v) is 34.9. The van der Waals surface area contributed by atoms with Crippen molar-refractivity contribution < 1.29 is 17.9 Å². The number of hydrogen-bond donors (Lipinski definition) is 2. The Morgan fingerprint density at radius 3 is 1.67 bits per heavy atom. The molecule has 0 bridgehead atoms. The van der Waals surface area contributed by atoms with Gasteiger partial charge in [-0.2, -0.15) is 9.97 Å². The van der Waals surface area contributed by atoms with Gasteiger partial charge in [0.2, 0.25) is 11.9 Å². The van der Waals surface area contributed by atoms with Crippen LogP contribution in [-0.2, 0) is 40.9 Å². The number of hydrogen-bond acceptors (Lipinski definition) is 13. The van der Waals surface area contributed by atoms with Crippen molar-refractivity contribution in [2.24, 2.45) is 0 Å². The fourth-order valence-corrected chi connectivity index (χ4v) is 10.6. The minimum absolute atomic E-state index is 0.0777. The highest BCUT2D eigenvalue weighted by atomic mass is 35.5. The maximum Gasteiger partial charge on any atom is 0.227 e. The Balaban J connectivity index is 0.000000168. The number of piperazine rings is 2. The van der Waals surface area contributed by atoms with Crippen LogP contribution in [0.1, 0.15) is 17.0 Å². The molecule has 0 amide bonds. The predicted molar refractivity (Wildman–Crippen MR) is 228 cm³/mol. The number of aliphatic hydroxyl groups excluding tert-OH is 1. The van der Waals surface area contributed by atoms with Crippen LogP contribution in [0.5, 0.6) is 0 Å². The Hall–Kier alpha value is -3.99. The molecule has 5 aromatic rings. The second-order valence-corrected chi connectivity index (χ2v) is 18.3. The Kier molecular flexibility index (Phi) is 12.5. The smallest absolute Gasteiger partial charge is 0.227 e. The highest BCUT2D eigenvalue weighted by molar-refractivity contribution is 7.85. The number of halogens is 3. The summed E-state index contributed by atoms with van der Waals surface area (Å²) >= 11 is 18.2. The molecule has 57 heavy (non-hydrogen) atoms. The first kappa shape index (κ1) is 39.8. The number of rotatable bonds is 9. The van der Waals surface area contributed by atoms with Gasteiger partial charge in [-0.25, -0.2) is 9.97 Å². The van der Waals surface area contributed by atoms with Crippen molar-refractivity contribution in [1.82, 2.24) is 19.9 Å². The van der Waals surface area contributed by atoms with Crippen molar-refractivity contribution >= 4 is 85.5 Å². The molecule has 2 saturated heterocycles. The molecule has 2 fully saturated rings. The zero-order valence-electron chi connectivity index (χ0n) is 31.0. The molecule has 18 heteroatoms. The van der Waals surface area contributed by atoms with E-state index in [1.54, 1.807) is 12.5 Å².